The van der Waals surface area contributed by atoms with Crippen molar-refractivity contribution < 1.29 is 24.2 Å². The molecular formula is C27H28BrN3O5. The molecule has 188 valence electrons. The number of phenolic OH excluding ortho intramolecular Hbond substituents is 1. The van der Waals surface area contributed by atoms with Crippen molar-refractivity contribution in [3.8, 4) is 5.75 Å². The molecule has 0 fully saturated rings. The van der Waals surface area contributed by atoms with Crippen LogP contribution in [0.25, 0.3) is 0 Å². The van der Waals surface area contributed by atoms with Crippen LogP contribution < -0.4 is 16.4 Å². The van der Waals surface area contributed by atoms with Crippen molar-refractivity contribution in [2.45, 2.75) is 25.0 Å². The maximum absolute atomic E-state index is 12.7. The minimum atomic E-state index is -0.914. The molecule has 0 bridgehead atoms. The number of nitrogens with two attached hydrogens (primary N) is 1. The third kappa shape index (κ3) is 7.86. The first-order valence-electron chi connectivity index (χ1n) is 11.2. The summed E-state index contributed by atoms with van der Waals surface area (Å²) >= 11 is 3.40. The summed E-state index contributed by atoms with van der Waals surface area (Å²) in [5.74, 6) is -0.352. The molecule has 8 nitrogen and oxygen atoms in total. The van der Waals surface area contributed by atoms with Gasteiger partial charge < -0.3 is 25.6 Å². The third-order valence-electron chi connectivity index (χ3n) is 5.30. The number of hydrogen-bond donors (Lipinski definition) is 4. The number of halogens is 1. The average Bonchev–Trinajstić information content (AvgIpc) is 2.86. The summed E-state index contributed by atoms with van der Waals surface area (Å²) in [7, 11) is 1.50. The first-order valence-corrected chi connectivity index (χ1v) is 12.0. The molecule has 0 aliphatic heterocycles. The molecule has 3 rings (SSSR count). The molecule has 0 heterocycles. The molecule has 2 amide bonds. The number of nitrogens with one attached hydrogen (secondary N) is 2. The van der Waals surface area contributed by atoms with Gasteiger partial charge in [0.05, 0.1) is 17.5 Å². The van der Waals surface area contributed by atoms with Gasteiger partial charge in [-0.25, -0.2) is 4.79 Å². The summed E-state index contributed by atoms with van der Waals surface area (Å²) in [6.07, 6.45) is 1.75. The second-order valence-electron chi connectivity index (χ2n) is 7.85. The predicted molar refractivity (Wildman–Crippen MR) is 144 cm³/mol. The summed E-state index contributed by atoms with van der Waals surface area (Å²) in [6, 6.07) is 20.7. The van der Waals surface area contributed by atoms with Crippen molar-refractivity contribution in [2.75, 3.05) is 23.5 Å². The van der Waals surface area contributed by atoms with Crippen LogP contribution in [0.2, 0.25) is 0 Å². The van der Waals surface area contributed by atoms with E-state index in [0.29, 0.717) is 39.9 Å². The fourth-order valence-corrected chi connectivity index (χ4v) is 3.88. The van der Waals surface area contributed by atoms with Crippen molar-refractivity contribution >= 4 is 45.0 Å². The molecule has 0 aliphatic carbocycles. The van der Waals surface area contributed by atoms with Gasteiger partial charge in [0.2, 0.25) is 5.91 Å². The second-order valence-corrected chi connectivity index (χ2v) is 8.77. The van der Waals surface area contributed by atoms with Gasteiger partial charge in [-0.05, 0) is 61.4 Å². The van der Waals surface area contributed by atoms with Crippen molar-refractivity contribution in [3.05, 3.63) is 95.0 Å². The zero-order valence-electron chi connectivity index (χ0n) is 19.7. The number of methoxy groups -OCH3 is 1. The van der Waals surface area contributed by atoms with E-state index in [4.69, 9.17) is 15.2 Å². The van der Waals surface area contributed by atoms with Crippen molar-refractivity contribution in [3.63, 3.8) is 0 Å². The average molecular weight is 554 g/mol. The lowest BCUT2D eigenvalue weighted by Gasteiger charge is -2.27. The number of anilines is 3. The summed E-state index contributed by atoms with van der Waals surface area (Å²) in [5.41, 5.74) is 7.82. The second kappa shape index (κ2) is 13.3. The zero-order chi connectivity index (χ0) is 25.9. The van der Waals surface area contributed by atoms with E-state index in [2.05, 4.69) is 26.6 Å². The molecule has 36 heavy (non-hydrogen) atoms. The molecule has 3 aromatic rings. The van der Waals surface area contributed by atoms with Crippen LogP contribution in [0, 0.1) is 0 Å². The van der Waals surface area contributed by atoms with E-state index in [1.807, 2.05) is 6.07 Å². The van der Waals surface area contributed by atoms with Crippen LogP contribution in [0.5, 0.6) is 5.75 Å². The lowest BCUT2D eigenvalue weighted by Crippen LogP contribution is -2.28. The van der Waals surface area contributed by atoms with E-state index >= 15 is 0 Å². The van der Waals surface area contributed by atoms with Crippen LogP contribution >= 0.6 is 15.9 Å². The number of amides is 2. The van der Waals surface area contributed by atoms with Gasteiger partial charge in [0.25, 0.3) is 0 Å². The van der Waals surface area contributed by atoms with E-state index in [1.54, 1.807) is 66.7 Å². The molecule has 0 aromatic heterocycles. The minimum Gasteiger partial charge on any atom is -0.508 e. The molecule has 3 aromatic carbocycles. The maximum Gasteiger partial charge on any atom is 0.412 e. The highest BCUT2D eigenvalue weighted by Crippen LogP contribution is 2.35. The highest BCUT2D eigenvalue weighted by molar-refractivity contribution is 9.10. The number of hydrogen-bond acceptors (Lipinski definition) is 6. The Morgan fingerprint density at radius 3 is 2.50 bits per heavy atom. The number of rotatable bonds is 10. The highest BCUT2D eigenvalue weighted by atomic mass is 79.9. The Morgan fingerprint density at radius 2 is 1.78 bits per heavy atom. The number of ether oxygens (including phenoxy) is 2. The molecule has 0 radical (unpaired) electrons. The molecule has 0 aliphatic rings. The number of nitrogen functional groups attached to an aromatic ring is 1. The normalized spacial score (nSPS) is 12.6. The minimum absolute atomic E-state index is 0.0341. The van der Waals surface area contributed by atoms with E-state index in [0.717, 1.165) is 0 Å². The van der Waals surface area contributed by atoms with Crippen molar-refractivity contribution in [2.24, 2.45) is 0 Å². The number of phenols is 1. The fraction of sp³-hybridized carbons (Fsp3) is 0.185. The van der Waals surface area contributed by atoms with Gasteiger partial charge in [-0.15, -0.1) is 0 Å². The zero-order valence-corrected chi connectivity index (χ0v) is 21.3. The van der Waals surface area contributed by atoms with Gasteiger partial charge >= 0.3 is 6.09 Å². The van der Waals surface area contributed by atoms with Crippen LogP contribution in [0.4, 0.5) is 21.9 Å². The smallest absolute Gasteiger partial charge is 0.412 e. The van der Waals surface area contributed by atoms with Crippen molar-refractivity contribution in [1.29, 1.82) is 0 Å². The molecule has 0 saturated heterocycles. The Kier molecular flexibility index (Phi) is 9.91. The molecule has 0 saturated carbocycles. The molecule has 2 atom stereocenters. The Balaban J connectivity index is 1.69. The summed E-state index contributed by atoms with van der Waals surface area (Å²) in [4.78, 5) is 24.9. The van der Waals surface area contributed by atoms with Crippen LogP contribution in [-0.4, -0.2) is 30.3 Å². The maximum atomic E-state index is 12.7. The van der Waals surface area contributed by atoms with E-state index in [-0.39, 0.29) is 11.7 Å². The van der Waals surface area contributed by atoms with Crippen LogP contribution in [0.1, 0.15) is 24.5 Å². The Morgan fingerprint density at radius 1 is 1.06 bits per heavy atom. The number of aromatic hydroxyl groups is 1. The van der Waals surface area contributed by atoms with Gasteiger partial charge in [0.15, 0.2) is 6.10 Å². The van der Waals surface area contributed by atoms with Gasteiger partial charge in [-0.1, -0.05) is 52.3 Å². The summed E-state index contributed by atoms with van der Waals surface area (Å²) in [5, 5.41) is 15.9. The highest BCUT2D eigenvalue weighted by Gasteiger charge is 2.29. The number of carbonyl (C=O) groups is 2. The molecule has 5 N–H and O–H groups in total. The molecule has 0 spiro atoms. The predicted octanol–water partition coefficient (Wildman–Crippen LogP) is 6.02. The Labute approximate surface area is 218 Å². The van der Waals surface area contributed by atoms with Crippen LogP contribution in [0.15, 0.2) is 89.4 Å². The van der Waals surface area contributed by atoms with Crippen LogP contribution in [0.3, 0.4) is 0 Å². The number of allylic oxidation sites excluding steroid dienone is 1. The monoisotopic (exact) mass is 553 g/mol. The van der Waals surface area contributed by atoms with E-state index in [1.165, 1.54) is 19.3 Å². The van der Waals surface area contributed by atoms with Gasteiger partial charge in [0, 0.05) is 22.8 Å². The van der Waals surface area contributed by atoms with Crippen LogP contribution in [-0.2, 0) is 14.3 Å². The van der Waals surface area contributed by atoms with E-state index < -0.39 is 18.3 Å². The van der Waals surface area contributed by atoms with Gasteiger partial charge in [0.1, 0.15) is 5.75 Å². The SMILES string of the molecule is CO[C@H](CC/C=C/C(=O)Nc1ccccc1N)[C@H](OC(=O)Nc1ccccc1)c1cc(Br)ccc1O. The number of para-hydroxylation sites is 3. The number of carbonyl (C=O) groups excluding carboxylic acids is 2. The first-order chi connectivity index (χ1) is 17.4. The quantitative estimate of drug-likeness (QED) is 0.180. The largest absolute Gasteiger partial charge is 0.508 e. The molecule has 9 heteroatoms. The lowest BCUT2D eigenvalue weighted by atomic mass is 9.99. The summed E-state index contributed by atoms with van der Waals surface area (Å²) < 4.78 is 12.1. The third-order valence-corrected chi connectivity index (χ3v) is 5.79. The molecular weight excluding hydrogens is 526 g/mol. The Bertz CT molecular complexity index is 1200. The summed E-state index contributed by atoms with van der Waals surface area (Å²) in [6.45, 7) is 0. The van der Waals surface area contributed by atoms with Crippen molar-refractivity contribution in [1.82, 2.24) is 0 Å². The van der Waals surface area contributed by atoms with Gasteiger partial charge in [-0.3, -0.25) is 10.1 Å². The standard InChI is InChI=1S/C27H28BrN3O5/c1-35-24(13-7-8-14-25(33)31-22-12-6-5-11-21(22)29)26(20-17-18(28)15-16-23(20)32)36-27(34)30-19-9-3-2-4-10-19/h2-6,8-12,14-17,24,26,32H,7,13,29H2,1H3,(H,30,34)(H,31,33)/b14-8+/t24-,26-/m1/s1. The fourth-order valence-electron chi connectivity index (χ4n) is 3.51. The van der Waals surface area contributed by atoms with E-state index in [9.17, 15) is 14.7 Å². The first kappa shape index (κ1) is 26.8. The topological polar surface area (TPSA) is 123 Å². The molecule has 0 unspecified atom stereocenters. The Hall–Kier alpha value is -3.82. The number of benzene rings is 3. The van der Waals surface area contributed by atoms with Gasteiger partial charge in [-0.2, -0.15) is 0 Å². The lowest BCUT2D eigenvalue weighted by molar-refractivity contribution is -0.111.